The van der Waals surface area contributed by atoms with Crippen molar-refractivity contribution in [1.82, 2.24) is 0 Å². The topological polar surface area (TPSA) is 20.2 Å². The zero-order chi connectivity index (χ0) is 9.41. The number of hydrogen-bond acceptors (Lipinski definition) is 1. The van der Waals surface area contributed by atoms with Gasteiger partial charge in [-0.1, -0.05) is 27.7 Å². The van der Waals surface area contributed by atoms with Crippen molar-refractivity contribution in [2.24, 2.45) is 16.7 Å². The maximum absolute atomic E-state index is 9.22. The Bertz CT molecular complexity index is 158. The second-order valence-corrected chi connectivity index (χ2v) is 5.75. The molecule has 1 saturated carbocycles. The lowest BCUT2D eigenvalue weighted by molar-refractivity contribution is 0.0930. The third-order valence-electron chi connectivity index (χ3n) is 3.48. The van der Waals surface area contributed by atoms with Crippen LogP contribution in [-0.4, -0.2) is 11.7 Å². The summed E-state index contributed by atoms with van der Waals surface area (Å²) in [5, 5.41) is 9.22. The minimum atomic E-state index is 0.133. The molecule has 1 atom stereocenters. The molecule has 1 aliphatic carbocycles. The van der Waals surface area contributed by atoms with Crippen LogP contribution in [0, 0.1) is 16.7 Å². The molecule has 0 aromatic rings. The van der Waals surface area contributed by atoms with Crippen LogP contribution in [0.5, 0.6) is 0 Å². The zero-order valence-electron chi connectivity index (χ0n) is 8.85. The van der Waals surface area contributed by atoms with E-state index in [0.717, 1.165) is 5.92 Å². The third-order valence-corrected chi connectivity index (χ3v) is 3.48. The van der Waals surface area contributed by atoms with Gasteiger partial charge in [0.25, 0.3) is 0 Å². The minimum absolute atomic E-state index is 0.133. The molecular weight excluding hydrogens is 148 g/mol. The van der Waals surface area contributed by atoms with Gasteiger partial charge in [-0.3, -0.25) is 0 Å². The van der Waals surface area contributed by atoms with E-state index in [1.165, 1.54) is 19.3 Å². The molecule has 72 valence electrons. The van der Waals surface area contributed by atoms with E-state index in [4.69, 9.17) is 0 Å². The van der Waals surface area contributed by atoms with E-state index in [9.17, 15) is 5.11 Å². The Labute approximate surface area is 76.2 Å². The molecule has 1 rings (SSSR count). The summed E-state index contributed by atoms with van der Waals surface area (Å²) in [5.74, 6) is 0.720. The Balaban J connectivity index is 2.58. The van der Waals surface area contributed by atoms with Crippen molar-refractivity contribution in [3.8, 4) is 0 Å². The molecule has 1 heteroatoms. The van der Waals surface area contributed by atoms with Gasteiger partial charge in [0, 0.05) is 6.61 Å². The van der Waals surface area contributed by atoms with E-state index < -0.39 is 0 Å². The van der Waals surface area contributed by atoms with Gasteiger partial charge in [0.2, 0.25) is 0 Å². The van der Waals surface area contributed by atoms with Crippen molar-refractivity contribution in [2.45, 2.75) is 47.0 Å². The van der Waals surface area contributed by atoms with Gasteiger partial charge in [-0.2, -0.15) is 0 Å². The quantitative estimate of drug-likeness (QED) is 0.675. The standard InChI is InChI=1S/C11H22O/c1-10(2)6-5-9(7-10)11(3,4)8-12/h9,12H,5-8H2,1-4H3. The van der Waals surface area contributed by atoms with Gasteiger partial charge in [-0.25, -0.2) is 0 Å². The van der Waals surface area contributed by atoms with Crippen molar-refractivity contribution in [3.05, 3.63) is 0 Å². The normalized spacial score (nSPS) is 29.2. The van der Waals surface area contributed by atoms with E-state index in [2.05, 4.69) is 27.7 Å². The maximum Gasteiger partial charge on any atom is 0.0484 e. The Morgan fingerprint density at radius 2 is 2.00 bits per heavy atom. The van der Waals surface area contributed by atoms with Crippen molar-refractivity contribution >= 4 is 0 Å². The fraction of sp³-hybridized carbons (Fsp3) is 1.00. The molecule has 1 aliphatic rings. The van der Waals surface area contributed by atoms with Gasteiger partial charge >= 0.3 is 0 Å². The summed E-state index contributed by atoms with van der Waals surface area (Å²) in [4.78, 5) is 0. The highest BCUT2D eigenvalue weighted by molar-refractivity contribution is 4.89. The summed E-state index contributed by atoms with van der Waals surface area (Å²) in [5.41, 5.74) is 0.644. The van der Waals surface area contributed by atoms with Crippen LogP contribution in [-0.2, 0) is 0 Å². The molecule has 0 aliphatic heterocycles. The first kappa shape index (κ1) is 10.0. The molecule has 1 N–H and O–H groups in total. The monoisotopic (exact) mass is 170 g/mol. The lowest BCUT2D eigenvalue weighted by atomic mass is 9.76. The van der Waals surface area contributed by atoms with Crippen LogP contribution in [0.15, 0.2) is 0 Å². The lowest BCUT2D eigenvalue weighted by Crippen LogP contribution is -2.26. The van der Waals surface area contributed by atoms with E-state index in [1.54, 1.807) is 0 Å². The van der Waals surface area contributed by atoms with E-state index in [-0.39, 0.29) is 5.41 Å². The number of aliphatic hydroxyl groups is 1. The molecule has 0 spiro atoms. The van der Waals surface area contributed by atoms with Crippen molar-refractivity contribution in [3.63, 3.8) is 0 Å². The molecule has 0 aromatic carbocycles. The summed E-state index contributed by atoms with van der Waals surface area (Å²) >= 11 is 0. The molecular formula is C11H22O. The van der Waals surface area contributed by atoms with Crippen LogP contribution < -0.4 is 0 Å². The summed E-state index contributed by atoms with van der Waals surface area (Å²) in [6.07, 6.45) is 3.89. The Morgan fingerprint density at radius 3 is 2.33 bits per heavy atom. The van der Waals surface area contributed by atoms with Gasteiger partial charge in [-0.05, 0) is 36.0 Å². The average Bonchev–Trinajstić information content (AvgIpc) is 2.31. The van der Waals surface area contributed by atoms with Crippen molar-refractivity contribution in [1.29, 1.82) is 0 Å². The molecule has 1 unspecified atom stereocenters. The highest BCUT2D eigenvalue weighted by Crippen LogP contribution is 2.48. The molecule has 0 bridgehead atoms. The summed E-state index contributed by atoms with van der Waals surface area (Å²) in [6.45, 7) is 9.35. The Hall–Kier alpha value is -0.0400. The first-order chi connectivity index (χ1) is 5.37. The number of aliphatic hydroxyl groups excluding tert-OH is 1. The van der Waals surface area contributed by atoms with Crippen LogP contribution in [0.3, 0.4) is 0 Å². The first-order valence-electron chi connectivity index (χ1n) is 4.98. The molecule has 0 heterocycles. The predicted octanol–water partition coefficient (Wildman–Crippen LogP) is 2.83. The van der Waals surface area contributed by atoms with Crippen molar-refractivity contribution < 1.29 is 5.11 Å². The Kier molecular flexibility index (Phi) is 2.53. The minimum Gasteiger partial charge on any atom is -0.396 e. The van der Waals surface area contributed by atoms with Crippen molar-refractivity contribution in [2.75, 3.05) is 6.61 Å². The molecule has 1 fully saturated rings. The van der Waals surface area contributed by atoms with Gasteiger partial charge in [-0.15, -0.1) is 0 Å². The second-order valence-electron chi connectivity index (χ2n) is 5.75. The van der Waals surface area contributed by atoms with E-state index in [0.29, 0.717) is 12.0 Å². The summed E-state index contributed by atoms with van der Waals surface area (Å²) in [6, 6.07) is 0. The highest BCUT2D eigenvalue weighted by Gasteiger charge is 2.38. The van der Waals surface area contributed by atoms with Gasteiger partial charge in [0.1, 0.15) is 0 Å². The van der Waals surface area contributed by atoms with Gasteiger partial charge < -0.3 is 5.11 Å². The third kappa shape index (κ3) is 2.01. The van der Waals surface area contributed by atoms with Crippen LogP contribution >= 0.6 is 0 Å². The average molecular weight is 170 g/mol. The molecule has 1 nitrogen and oxygen atoms in total. The zero-order valence-corrected chi connectivity index (χ0v) is 8.85. The number of hydrogen-bond donors (Lipinski definition) is 1. The molecule has 0 aromatic heterocycles. The predicted molar refractivity (Wildman–Crippen MR) is 52.0 cm³/mol. The first-order valence-corrected chi connectivity index (χ1v) is 4.98. The fourth-order valence-electron chi connectivity index (χ4n) is 2.23. The maximum atomic E-state index is 9.22. The summed E-state index contributed by atoms with van der Waals surface area (Å²) < 4.78 is 0. The molecule has 0 radical (unpaired) electrons. The fourth-order valence-corrected chi connectivity index (χ4v) is 2.23. The summed E-state index contributed by atoms with van der Waals surface area (Å²) in [7, 11) is 0. The molecule has 0 amide bonds. The second kappa shape index (κ2) is 3.02. The highest BCUT2D eigenvalue weighted by atomic mass is 16.3. The van der Waals surface area contributed by atoms with E-state index >= 15 is 0 Å². The molecule has 0 saturated heterocycles. The lowest BCUT2D eigenvalue weighted by Gasteiger charge is -2.30. The van der Waals surface area contributed by atoms with E-state index in [1.807, 2.05) is 0 Å². The van der Waals surface area contributed by atoms with Crippen LogP contribution in [0.25, 0.3) is 0 Å². The number of rotatable bonds is 2. The Morgan fingerprint density at radius 1 is 1.42 bits per heavy atom. The van der Waals surface area contributed by atoms with Crippen LogP contribution in [0.4, 0.5) is 0 Å². The van der Waals surface area contributed by atoms with Gasteiger partial charge in [0.05, 0.1) is 0 Å². The largest absolute Gasteiger partial charge is 0.396 e. The van der Waals surface area contributed by atoms with Crippen LogP contribution in [0.2, 0.25) is 0 Å². The smallest absolute Gasteiger partial charge is 0.0484 e. The SMILES string of the molecule is CC1(C)CCC(C(C)(C)CO)C1. The van der Waals surface area contributed by atoms with Gasteiger partial charge in [0.15, 0.2) is 0 Å². The molecule has 12 heavy (non-hydrogen) atoms. The van der Waals surface area contributed by atoms with Crippen LogP contribution in [0.1, 0.15) is 47.0 Å².